The first-order valence-corrected chi connectivity index (χ1v) is 6.76. The molecule has 1 aromatic heterocycles. The summed E-state index contributed by atoms with van der Waals surface area (Å²) in [7, 11) is 0. The topological polar surface area (TPSA) is 25.4 Å². The molecule has 0 amide bonds. The third kappa shape index (κ3) is 2.72. The van der Waals surface area contributed by atoms with Crippen LogP contribution in [0, 0.1) is 0 Å². The molecule has 0 spiro atoms. The fourth-order valence-electron chi connectivity index (χ4n) is 2.22. The first-order chi connectivity index (χ1) is 9.34. The molecule has 0 radical (unpaired) electrons. The molecule has 1 saturated heterocycles. The molecular weight excluding hydrogens is 260 g/mol. The lowest BCUT2D eigenvalue weighted by molar-refractivity contribution is 0.122. The Labute approximate surface area is 117 Å². The summed E-state index contributed by atoms with van der Waals surface area (Å²) in [6.45, 7) is 3.35. The SMILES string of the molecule is Clc1ccccc1-c1ccc(N2CCOCC2)nc1. The van der Waals surface area contributed by atoms with Crippen molar-refractivity contribution in [2.45, 2.75) is 0 Å². The van der Waals surface area contributed by atoms with Crippen LogP contribution in [0.2, 0.25) is 5.02 Å². The Kier molecular flexibility index (Phi) is 3.67. The van der Waals surface area contributed by atoms with Crippen molar-refractivity contribution in [2.24, 2.45) is 0 Å². The number of anilines is 1. The van der Waals surface area contributed by atoms with Crippen LogP contribution in [0.25, 0.3) is 11.1 Å². The number of halogens is 1. The van der Waals surface area contributed by atoms with E-state index in [0.717, 1.165) is 48.3 Å². The van der Waals surface area contributed by atoms with E-state index in [9.17, 15) is 0 Å². The normalized spacial score (nSPS) is 15.5. The van der Waals surface area contributed by atoms with Gasteiger partial charge in [0.05, 0.1) is 13.2 Å². The lowest BCUT2D eigenvalue weighted by Crippen LogP contribution is -2.36. The predicted octanol–water partition coefficient (Wildman–Crippen LogP) is 3.24. The van der Waals surface area contributed by atoms with Crippen LogP contribution in [0.1, 0.15) is 0 Å². The first kappa shape index (κ1) is 12.5. The molecule has 4 heteroatoms. The molecule has 0 atom stereocenters. The van der Waals surface area contributed by atoms with Gasteiger partial charge in [-0.25, -0.2) is 4.98 Å². The van der Waals surface area contributed by atoms with E-state index in [4.69, 9.17) is 16.3 Å². The Morgan fingerprint density at radius 3 is 2.53 bits per heavy atom. The predicted molar refractivity (Wildman–Crippen MR) is 77.7 cm³/mol. The number of aromatic nitrogens is 1. The fourth-order valence-corrected chi connectivity index (χ4v) is 2.47. The number of ether oxygens (including phenoxy) is 1. The number of pyridine rings is 1. The molecule has 0 aliphatic carbocycles. The monoisotopic (exact) mass is 274 g/mol. The zero-order chi connectivity index (χ0) is 13.1. The molecule has 19 heavy (non-hydrogen) atoms. The molecule has 1 aromatic carbocycles. The minimum atomic E-state index is 0.753. The highest BCUT2D eigenvalue weighted by Crippen LogP contribution is 2.27. The van der Waals surface area contributed by atoms with Crippen LogP contribution >= 0.6 is 11.6 Å². The largest absolute Gasteiger partial charge is 0.378 e. The highest BCUT2D eigenvalue weighted by molar-refractivity contribution is 6.33. The van der Waals surface area contributed by atoms with Gasteiger partial charge in [-0.3, -0.25) is 0 Å². The average molecular weight is 275 g/mol. The third-order valence-corrected chi connectivity index (χ3v) is 3.60. The van der Waals surface area contributed by atoms with Crippen LogP contribution in [0.4, 0.5) is 5.82 Å². The number of rotatable bonds is 2. The maximum Gasteiger partial charge on any atom is 0.128 e. The van der Waals surface area contributed by atoms with Crippen molar-refractivity contribution in [3.8, 4) is 11.1 Å². The van der Waals surface area contributed by atoms with Crippen molar-refractivity contribution in [2.75, 3.05) is 31.2 Å². The summed E-state index contributed by atoms with van der Waals surface area (Å²) >= 11 is 6.19. The summed E-state index contributed by atoms with van der Waals surface area (Å²) in [6, 6.07) is 11.9. The highest BCUT2D eigenvalue weighted by Gasteiger charge is 2.12. The number of hydrogen-bond donors (Lipinski definition) is 0. The summed E-state index contributed by atoms with van der Waals surface area (Å²) in [5.74, 6) is 0.999. The number of nitrogens with zero attached hydrogens (tertiary/aromatic N) is 2. The lowest BCUT2D eigenvalue weighted by Gasteiger charge is -2.27. The molecule has 1 fully saturated rings. The Balaban J connectivity index is 1.84. The highest BCUT2D eigenvalue weighted by atomic mass is 35.5. The number of benzene rings is 1. The maximum absolute atomic E-state index is 6.19. The van der Waals surface area contributed by atoms with Gasteiger partial charge in [0, 0.05) is 35.4 Å². The van der Waals surface area contributed by atoms with E-state index in [0.29, 0.717) is 0 Å². The second-order valence-electron chi connectivity index (χ2n) is 4.48. The van der Waals surface area contributed by atoms with Gasteiger partial charge in [-0.15, -0.1) is 0 Å². The first-order valence-electron chi connectivity index (χ1n) is 6.38. The molecule has 2 aromatic rings. The van der Waals surface area contributed by atoms with Crippen molar-refractivity contribution in [1.29, 1.82) is 0 Å². The Morgan fingerprint density at radius 1 is 1.05 bits per heavy atom. The van der Waals surface area contributed by atoms with E-state index in [1.54, 1.807) is 0 Å². The molecule has 0 unspecified atom stereocenters. The van der Waals surface area contributed by atoms with Crippen LogP contribution in [-0.4, -0.2) is 31.3 Å². The molecule has 98 valence electrons. The van der Waals surface area contributed by atoms with Crippen molar-refractivity contribution in [3.63, 3.8) is 0 Å². The molecule has 3 nitrogen and oxygen atoms in total. The molecular formula is C15H15ClN2O. The van der Waals surface area contributed by atoms with Crippen molar-refractivity contribution in [1.82, 2.24) is 4.98 Å². The van der Waals surface area contributed by atoms with Gasteiger partial charge in [0.15, 0.2) is 0 Å². The Morgan fingerprint density at radius 2 is 1.84 bits per heavy atom. The summed E-state index contributed by atoms with van der Waals surface area (Å²) in [5, 5.41) is 0.753. The van der Waals surface area contributed by atoms with Crippen LogP contribution in [-0.2, 0) is 4.74 Å². The minimum absolute atomic E-state index is 0.753. The van der Waals surface area contributed by atoms with Gasteiger partial charge in [0.2, 0.25) is 0 Å². The molecule has 0 bridgehead atoms. The molecule has 2 heterocycles. The Bertz CT molecular complexity index is 550. The molecule has 1 aliphatic rings. The maximum atomic E-state index is 6.19. The average Bonchev–Trinajstić information content (AvgIpc) is 2.49. The van der Waals surface area contributed by atoms with Gasteiger partial charge >= 0.3 is 0 Å². The standard InChI is InChI=1S/C15H15ClN2O/c16-14-4-2-1-3-13(14)12-5-6-15(17-11-12)18-7-9-19-10-8-18/h1-6,11H,7-10H2. The fraction of sp³-hybridized carbons (Fsp3) is 0.267. The van der Waals surface area contributed by atoms with Crippen LogP contribution in [0.15, 0.2) is 42.6 Å². The van der Waals surface area contributed by atoms with Crippen molar-refractivity contribution < 1.29 is 4.74 Å². The second kappa shape index (κ2) is 5.59. The summed E-state index contributed by atoms with van der Waals surface area (Å²) in [5.41, 5.74) is 2.06. The van der Waals surface area contributed by atoms with Crippen LogP contribution < -0.4 is 4.90 Å². The molecule has 0 saturated carbocycles. The van der Waals surface area contributed by atoms with Gasteiger partial charge < -0.3 is 9.64 Å². The summed E-state index contributed by atoms with van der Waals surface area (Å²) in [6.07, 6.45) is 1.88. The smallest absolute Gasteiger partial charge is 0.128 e. The van der Waals surface area contributed by atoms with Gasteiger partial charge in [0.25, 0.3) is 0 Å². The zero-order valence-corrected chi connectivity index (χ0v) is 11.3. The van der Waals surface area contributed by atoms with Crippen molar-refractivity contribution >= 4 is 17.4 Å². The lowest BCUT2D eigenvalue weighted by atomic mass is 10.1. The van der Waals surface area contributed by atoms with Crippen LogP contribution in [0.5, 0.6) is 0 Å². The third-order valence-electron chi connectivity index (χ3n) is 3.27. The van der Waals surface area contributed by atoms with E-state index in [2.05, 4.69) is 16.0 Å². The van der Waals surface area contributed by atoms with Gasteiger partial charge in [0.1, 0.15) is 5.82 Å². The number of morpholine rings is 1. The van der Waals surface area contributed by atoms with Crippen molar-refractivity contribution in [3.05, 3.63) is 47.6 Å². The van der Waals surface area contributed by atoms with Crippen LogP contribution in [0.3, 0.4) is 0 Å². The Hall–Kier alpha value is -1.58. The zero-order valence-electron chi connectivity index (χ0n) is 10.6. The number of hydrogen-bond acceptors (Lipinski definition) is 3. The molecule has 3 rings (SSSR count). The summed E-state index contributed by atoms with van der Waals surface area (Å²) < 4.78 is 5.34. The molecule has 0 N–H and O–H groups in total. The van der Waals surface area contributed by atoms with Gasteiger partial charge in [-0.1, -0.05) is 29.8 Å². The van der Waals surface area contributed by atoms with E-state index >= 15 is 0 Å². The minimum Gasteiger partial charge on any atom is -0.378 e. The van der Waals surface area contributed by atoms with E-state index in [-0.39, 0.29) is 0 Å². The van der Waals surface area contributed by atoms with E-state index in [1.807, 2.05) is 36.5 Å². The quantitative estimate of drug-likeness (QED) is 0.841. The molecule has 1 aliphatic heterocycles. The van der Waals surface area contributed by atoms with Gasteiger partial charge in [-0.2, -0.15) is 0 Å². The second-order valence-corrected chi connectivity index (χ2v) is 4.89. The summed E-state index contributed by atoms with van der Waals surface area (Å²) in [4.78, 5) is 6.77. The van der Waals surface area contributed by atoms with E-state index in [1.165, 1.54) is 0 Å². The van der Waals surface area contributed by atoms with E-state index < -0.39 is 0 Å². The van der Waals surface area contributed by atoms with Gasteiger partial charge in [-0.05, 0) is 18.2 Å².